The van der Waals surface area contributed by atoms with Crippen LogP contribution in [-0.2, 0) is 11.2 Å². The molecule has 3 aromatic rings. The van der Waals surface area contributed by atoms with E-state index in [2.05, 4.69) is 27.9 Å². The summed E-state index contributed by atoms with van der Waals surface area (Å²) >= 11 is 7.56. The number of carbonyl (C=O) groups is 1. The van der Waals surface area contributed by atoms with Crippen LogP contribution in [0.15, 0.2) is 47.6 Å². The molecule has 2 atom stereocenters. The molecular formula is C23H26ClN5O2S. The molecule has 2 N–H and O–H groups in total. The number of rotatable bonds is 7. The van der Waals surface area contributed by atoms with Gasteiger partial charge < -0.3 is 15.5 Å². The van der Waals surface area contributed by atoms with Crippen LogP contribution in [0.1, 0.15) is 43.3 Å². The van der Waals surface area contributed by atoms with Crippen LogP contribution < -0.4 is 15.5 Å². The number of nitrogens with zero attached hydrogens (tertiary/aromatic N) is 3. The molecule has 0 spiro atoms. The SMILES string of the molecule is CCCc1nnc2n1N[C@H](c1ccc(OCC)cc1)[C@@H](C(=O)Nc1cc(Cl)ccc1C)S2. The summed E-state index contributed by atoms with van der Waals surface area (Å²) in [6, 6.07) is 13.0. The lowest BCUT2D eigenvalue weighted by Gasteiger charge is -2.33. The summed E-state index contributed by atoms with van der Waals surface area (Å²) < 4.78 is 7.48. The zero-order valence-electron chi connectivity index (χ0n) is 18.3. The van der Waals surface area contributed by atoms with Crippen molar-refractivity contribution in [3.8, 4) is 5.75 Å². The van der Waals surface area contributed by atoms with E-state index in [1.165, 1.54) is 11.8 Å². The molecule has 1 aromatic heterocycles. The Morgan fingerprint density at radius 1 is 1.22 bits per heavy atom. The molecule has 32 heavy (non-hydrogen) atoms. The van der Waals surface area contributed by atoms with Crippen LogP contribution in [0, 0.1) is 6.92 Å². The highest BCUT2D eigenvalue weighted by molar-refractivity contribution is 8.00. The van der Waals surface area contributed by atoms with E-state index in [-0.39, 0.29) is 11.9 Å². The van der Waals surface area contributed by atoms with Gasteiger partial charge in [-0.25, -0.2) is 4.68 Å². The molecule has 1 amide bonds. The van der Waals surface area contributed by atoms with E-state index in [0.717, 1.165) is 35.5 Å². The fourth-order valence-electron chi connectivity index (χ4n) is 3.61. The van der Waals surface area contributed by atoms with Crippen LogP contribution in [0.3, 0.4) is 0 Å². The van der Waals surface area contributed by atoms with Gasteiger partial charge in [0.1, 0.15) is 11.0 Å². The predicted octanol–water partition coefficient (Wildman–Crippen LogP) is 4.99. The fraction of sp³-hybridized carbons (Fsp3) is 0.348. The van der Waals surface area contributed by atoms with E-state index in [4.69, 9.17) is 16.3 Å². The van der Waals surface area contributed by atoms with Crippen LogP contribution in [0.2, 0.25) is 5.02 Å². The standard InChI is InChI=1S/C23H26ClN5O2S/c1-4-6-19-26-27-23-29(19)28-20(15-8-11-17(12-9-15)31-5-2)21(32-23)22(30)25-18-13-16(24)10-7-14(18)3/h7-13,20-21,28H,4-6H2,1-3H3,(H,25,30)/t20-,21+/m1/s1. The monoisotopic (exact) mass is 471 g/mol. The number of fused-ring (bicyclic) bond motifs is 1. The van der Waals surface area contributed by atoms with Crippen LogP contribution in [0.4, 0.5) is 5.69 Å². The van der Waals surface area contributed by atoms with Gasteiger partial charge in [-0.1, -0.05) is 48.5 Å². The van der Waals surface area contributed by atoms with Gasteiger partial charge in [-0.15, -0.1) is 10.2 Å². The lowest BCUT2D eigenvalue weighted by molar-refractivity contribution is -0.116. The quantitative estimate of drug-likeness (QED) is 0.505. The van der Waals surface area contributed by atoms with Crippen LogP contribution in [0.5, 0.6) is 5.75 Å². The van der Waals surface area contributed by atoms with Gasteiger partial charge in [-0.2, -0.15) is 0 Å². The zero-order chi connectivity index (χ0) is 22.7. The Bertz CT molecular complexity index is 1100. The molecule has 0 bridgehead atoms. The number of aryl methyl sites for hydroxylation is 2. The number of ether oxygens (including phenoxy) is 1. The van der Waals surface area contributed by atoms with Gasteiger partial charge in [0.25, 0.3) is 0 Å². The zero-order valence-corrected chi connectivity index (χ0v) is 19.8. The number of amides is 1. The first-order valence-electron chi connectivity index (χ1n) is 10.7. The Morgan fingerprint density at radius 3 is 2.72 bits per heavy atom. The number of hydrogen-bond acceptors (Lipinski definition) is 6. The van der Waals surface area contributed by atoms with Gasteiger partial charge in [-0.05, 0) is 55.7 Å². The van der Waals surface area contributed by atoms with Crippen molar-refractivity contribution in [2.45, 2.75) is 50.1 Å². The molecule has 2 aromatic carbocycles. The number of halogens is 1. The summed E-state index contributed by atoms with van der Waals surface area (Å²) in [7, 11) is 0. The Labute approximate surface area is 196 Å². The van der Waals surface area contributed by atoms with Crippen molar-refractivity contribution in [3.63, 3.8) is 0 Å². The summed E-state index contributed by atoms with van der Waals surface area (Å²) in [6.07, 6.45) is 1.76. The Kier molecular flexibility index (Phi) is 6.91. The Balaban J connectivity index is 1.66. The largest absolute Gasteiger partial charge is 0.494 e. The minimum atomic E-state index is -0.461. The average Bonchev–Trinajstić information content (AvgIpc) is 3.18. The lowest BCUT2D eigenvalue weighted by Crippen LogP contribution is -2.41. The maximum Gasteiger partial charge on any atom is 0.240 e. The van der Waals surface area contributed by atoms with Crippen LogP contribution >= 0.6 is 23.4 Å². The summed E-state index contributed by atoms with van der Waals surface area (Å²) in [5.74, 6) is 1.53. The molecule has 7 nitrogen and oxygen atoms in total. The van der Waals surface area contributed by atoms with Gasteiger partial charge in [0, 0.05) is 17.1 Å². The summed E-state index contributed by atoms with van der Waals surface area (Å²) in [5.41, 5.74) is 6.11. The van der Waals surface area contributed by atoms with E-state index in [1.54, 1.807) is 6.07 Å². The molecule has 0 aliphatic carbocycles. The fourth-order valence-corrected chi connectivity index (χ4v) is 4.88. The van der Waals surface area contributed by atoms with Crippen molar-refractivity contribution < 1.29 is 9.53 Å². The van der Waals surface area contributed by atoms with Crippen molar-refractivity contribution in [1.29, 1.82) is 0 Å². The average molecular weight is 472 g/mol. The molecule has 0 unspecified atom stereocenters. The first kappa shape index (κ1) is 22.5. The Hall–Kier alpha value is -2.71. The number of hydrogen-bond donors (Lipinski definition) is 2. The summed E-state index contributed by atoms with van der Waals surface area (Å²) in [4.78, 5) is 13.4. The van der Waals surface area contributed by atoms with Crippen molar-refractivity contribution in [3.05, 3.63) is 64.4 Å². The third-order valence-electron chi connectivity index (χ3n) is 5.24. The molecule has 0 saturated carbocycles. The highest BCUT2D eigenvalue weighted by Gasteiger charge is 2.38. The van der Waals surface area contributed by atoms with E-state index >= 15 is 0 Å². The molecular weight excluding hydrogens is 446 g/mol. The van der Waals surface area contributed by atoms with E-state index in [0.29, 0.717) is 22.5 Å². The van der Waals surface area contributed by atoms with Crippen molar-refractivity contribution in [2.75, 3.05) is 17.3 Å². The molecule has 2 heterocycles. The van der Waals surface area contributed by atoms with E-state index in [1.807, 2.05) is 54.9 Å². The second-order valence-electron chi connectivity index (χ2n) is 7.58. The van der Waals surface area contributed by atoms with Gasteiger partial charge in [-0.3, -0.25) is 4.79 Å². The lowest BCUT2D eigenvalue weighted by atomic mass is 10.0. The van der Waals surface area contributed by atoms with Crippen molar-refractivity contribution >= 4 is 35.0 Å². The smallest absolute Gasteiger partial charge is 0.240 e. The van der Waals surface area contributed by atoms with Gasteiger partial charge >= 0.3 is 0 Å². The molecule has 0 radical (unpaired) electrons. The number of carbonyl (C=O) groups excluding carboxylic acids is 1. The van der Waals surface area contributed by atoms with Crippen LogP contribution in [-0.4, -0.2) is 32.6 Å². The van der Waals surface area contributed by atoms with Gasteiger partial charge in [0.2, 0.25) is 11.1 Å². The first-order chi connectivity index (χ1) is 15.5. The second-order valence-corrected chi connectivity index (χ2v) is 9.13. The third kappa shape index (κ3) is 4.71. The Morgan fingerprint density at radius 2 is 2.00 bits per heavy atom. The highest BCUT2D eigenvalue weighted by atomic mass is 35.5. The van der Waals surface area contributed by atoms with E-state index in [9.17, 15) is 4.79 Å². The topological polar surface area (TPSA) is 81.1 Å². The van der Waals surface area contributed by atoms with E-state index < -0.39 is 5.25 Å². The van der Waals surface area contributed by atoms with Crippen molar-refractivity contribution in [2.24, 2.45) is 0 Å². The molecule has 0 fully saturated rings. The molecule has 168 valence electrons. The minimum absolute atomic E-state index is 0.127. The minimum Gasteiger partial charge on any atom is -0.494 e. The number of anilines is 1. The maximum absolute atomic E-state index is 13.4. The second kappa shape index (κ2) is 9.83. The van der Waals surface area contributed by atoms with Gasteiger partial charge in [0.15, 0.2) is 5.82 Å². The third-order valence-corrected chi connectivity index (χ3v) is 6.69. The van der Waals surface area contributed by atoms with Crippen LogP contribution in [0.25, 0.3) is 0 Å². The molecule has 9 heteroatoms. The van der Waals surface area contributed by atoms with Crippen molar-refractivity contribution in [1.82, 2.24) is 14.9 Å². The summed E-state index contributed by atoms with van der Waals surface area (Å²) in [6.45, 7) is 6.60. The molecule has 4 rings (SSSR count). The molecule has 1 aliphatic heterocycles. The maximum atomic E-state index is 13.4. The molecule has 0 saturated heterocycles. The van der Waals surface area contributed by atoms with Gasteiger partial charge in [0.05, 0.1) is 12.6 Å². The number of benzene rings is 2. The number of aromatic nitrogens is 3. The summed E-state index contributed by atoms with van der Waals surface area (Å²) in [5, 5.41) is 12.5. The normalized spacial score (nSPS) is 17.4. The number of nitrogens with one attached hydrogen (secondary N) is 2. The predicted molar refractivity (Wildman–Crippen MR) is 128 cm³/mol. The number of thioether (sulfide) groups is 1. The highest BCUT2D eigenvalue weighted by Crippen LogP contribution is 2.38. The molecule has 1 aliphatic rings. The first-order valence-corrected chi connectivity index (χ1v) is 11.9.